The van der Waals surface area contributed by atoms with Gasteiger partial charge in [0.15, 0.2) is 0 Å². The lowest BCUT2D eigenvalue weighted by molar-refractivity contribution is -0.145. The fraction of sp³-hybridized carbons (Fsp3) is 0.158. The number of carbonyl (C=O) groups is 1. The minimum atomic E-state index is -1.14. The minimum absolute atomic E-state index is 0.324. The number of hydrogen-bond donors (Lipinski definition) is 1. The van der Waals surface area contributed by atoms with Crippen molar-refractivity contribution in [2.45, 2.75) is 20.0 Å². The molecule has 0 amide bonds. The molecule has 1 atom stereocenters. The second-order valence-corrected chi connectivity index (χ2v) is 5.54. The Labute approximate surface area is 138 Å². The Morgan fingerprint density at radius 1 is 1.08 bits per heavy atom. The first kappa shape index (κ1) is 15.8. The maximum absolute atomic E-state index is 11.8. The lowest BCUT2D eigenvalue weighted by Crippen LogP contribution is -2.18. The van der Waals surface area contributed by atoms with Crippen LogP contribution >= 0.6 is 0 Å². The Balaban J connectivity index is 2.02. The van der Waals surface area contributed by atoms with Crippen LogP contribution in [0.5, 0.6) is 5.75 Å². The van der Waals surface area contributed by atoms with Crippen LogP contribution in [0.4, 0.5) is 0 Å². The zero-order valence-corrected chi connectivity index (χ0v) is 13.3. The molecule has 3 rings (SSSR count). The summed E-state index contributed by atoms with van der Waals surface area (Å²) in [6.07, 6.45) is -1.14. The van der Waals surface area contributed by atoms with Gasteiger partial charge < -0.3 is 14.3 Å². The van der Waals surface area contributed by atoms with E-state index >= 15 is 0 Å². The zero-order chi connectivity index (χ0) is 17.3. The van der Waals surface area contributed by atoms with Crippen LogP contribution in [0.3, 0.4) is 0 Å². The van der Waals surface area contributed by atoms with Gasteiger partial charge in [-0.25, -0.2) is 9.59 Å². The van der Waals surface area contributed by atoms with Crippen LogP contribution in [-0.4, -0.2) is 11.1 Å². The molecule has 1 aromatic heterocycles. The molecule has 0 aliphatic rings. The number of fused-ring (bicyclic) bond motifs is 1. The van der Waals surface area contributed by atoms with Crippen molar-refractivity contribution < 1.29 is 19.1 Å². The van der Waals surface area contributed by atoms with Crippen molar-refractivity contribution in [2.24, 2.45) is 0 Å². The second kappa shape index (κ2) is 6.20. The summed E-state index contributed by atoms with van der Waals surface area (Å²) >= 11 is 0. The minimum Gasteiger partial charge on any atom is -0.478 e. The lowest BCUT2D eigenvalue weighted by atomic mass is 10.1. The predicted molar refractivity (Wildman–Crippen MR) is 89.4 cm³/mol. The van der Waals surface area contributed by atoms with E-state index in [0.717, 1.165) is 10.9 Å². The average molecular weight is 324 g/mol. The summed E-state index contributed by atoms with van der Waals surface area (Å²) in [6, 6.07) is 13.7. The molecule has 1 N–H and O–H groups in total. The van der Waals surface area contributed by atoms with Gasteiger partial charge in [-0.05, 0) is 31.5 Å². The molecule has 24 heavy (non-hydrogen) atoms. The second-order valence-electron chi connectivity index (χ2n) is 5.54. The fourth-order valence-corrected chi connectivity index (χ4v) is 2.53. The molecule has 5 heteroatoms. The van der Waals surface area contributed by atoms with E-state index in [4.69, 9.17) is 9.15 Å². The third kappa shape index (κ3) is 2.88. The number of hydrogen-bond acceptors (Lipinski definition) is 4. The van der Waals surface area contributed by atoms with Crippen LogP contribution in [0.15, 0.2) is 57.7 Å². The van der Waals surface area contributed by atoms with Crippen molar-refractivity contribution in [3.63, 3.8) is 0 Å². The van der Waals surface area contributed by atoms with Crippen LogP contribution in [0.25, 0.3) is 11.0 Å². The number of aryl methyl sites for hydroxylation is 1. The van der Waals surface area contributed by atoms with Crippen molar-refractivity contribution in [3.05, 3.63) is 75.6 Å². The summed E-state index contributed by atoms with van der Waals surface area (Å²) in [6.45, 7) is 3.56. The van der Waals surface area contributed by atoms with Gasteiger partial charge in [0, 0.05) is 22.6 Å². The molecule has 0 radical (unpaired) electrons. The van der Waals surface area contributed by atoms with Crippen LogP contribution in [0.1, 0.15) is 22.8 Å². The summed E-state index contributed by atoms with van der Waals surface area (Å²) in [4.78, 5) is 23.3. The highest BCUT2D eigenvalue weighted by molar-refractivity contribution is 5.82. The van der Waals surface area contributed by atoms with Gasteiger partial charge >= 0.3 is 11.6 Å². The molecule has 2 aromatic carbocycles. The summed E-state index contributed by atoms with van der Waals surface area (Å²) in [5.41, 5.74) is 1.90. The van der Waals surface area contributed by atoms with E-state index in [-0.39, 0.29) is 0 Å². The van der Waals surface area contributed by atoms with Gasteiger partial charge in [0.1, 0.15) is 11.3 Å². The van der Waals surface area contributed by atoms with E-state index in [9.17, 15) is 14.7 Å². The molecule has 3 aromatic rings. The third-order valence-corrected chi connectivity index (χ3v) is 4.01. The van der Waals surface area contributed by atoms with Crippen LogP contribution in [-0.2, 0) is 4.79 Å². The molecule has 0 aliphatic carbocycles. The lowest BCUT2D eigenvalue weighted by Gasteiger charge is -2.16. The van der Waals surface area contributed by atoms with Gasteiger partial charge in [-0.1, -0.05) is 30.3 Å². The first-order valence-corrected chi connectivity index (χ1v) is 7.46. The molecule has 5 nitrogen and oxygen atoms in total. The Hall–Kier alpha value is -3.08. The summed E-state index contributed by atoms with van der Waals surface area (Å²) in [5.74, 6) is -0.770. The van der Waals surface area contributed by atoms with E-state index < -0.39 is 17.7 Å². The Kier molecular flexibility index (Phi) is 4.08. The van der Waals surface area contributed by atoms with Crippen LogP contribution in [0, 0.1) is 13.8 Å². The number of benzene rings is 2. The van der Waals surface area contributed by atoms with Crippen LogP contribution < -0.4 is 10.4 Å². The van der Waals surface area contributed by atoms with Gasteiger partial charge in [0.05, 0.1) is 0 Å². The first-order chi connectivity index (χ1) is 11.5. The molecule has 0 aliphatic heterocycles. The first-order valence-electron chi connectivity index (χ1n) is 7.46. The molecular formula is C19H16O5. The fourth-order valence-electron chi connectivity index (χ4n) is 2.53. The standard InChI is InChI=1S/C19H16O5/c1-11-12(2)19(22)24-16-10-14(8-9-15(11)16)23-17(18(20)21)13-6-4-3-5-7-13/h3-10,17H,1-2H3,(H,20,21). The average Bonchev–Trinajstić information content (AvgIpc) is 2.58. The third-order valence-electron chi connectivity index (χ3n) is 4.01. The summed E-state index contributed by atoms with van der Waals surface area (Å²) in [5, 5.41) is 10.2. The molecule has 0 saturated heterocycles. The zero-order valence-electron chi connectivity index (χ0n) is 13.3. The number of rotatable bonds is 4. The van der Waals surface area contributed by atoms with Crippen LogP contribution in [0.2, 0.25) is 0 Å². The number of carboxylic acid groups (broad SMARTS) is 1. The van der Waals surface area contributed by atoms with E-state index in [0.29, 0.717) is 22.5 Å². The van der Waals surface area contributed by atoms with Gasteiger partial charge in [-0.15, -0.1) is 0 Å². The Morgan fingerprint density at radius 3 is 2.46 bits per heavy atom. The Bertz CT molecular complexity index is 957. The SMILES string of the molecule is Cc1c(C)c2ccc(OC(C(=O)O)c3ccccc3)cc2oc1=O. The van der Waals surface area contributed by atoms with E-state index in [2.05, 4.69) is 0 Å². The van der Waals surface area contributed by atoms with Crippen molar-refractivity contribution in [3.8, 4) is 5.75 Å². The molecule has 1 heterocycles. The molecule has 122 valence electrons. The highest BCUT2D eigenvalue weighted by Gasteiger charge is 2.22. The van der Waals surface area contributed by atoms with E-state index in [1.807, 2.05) is 6.92 Å². The van der Waals surface area contributed by atoms with Crippen molar-refractivity contribution in [2.75, 3.05) is 0 Å². The van der Waals surface area contributed by atoms with E-state index in [1.54, 1.807) is 55.5 Å². The van der Waals surface area contributed by atoms with E-state index in [1.165, 1.54) is 0 Å². The molecule has 0 fully saturated rings. The van der Waals surface area contributed by atoms with Gasteiger partial charge in [-0.3, -0.25) is 0 Å². The van der Waals surface area contributed by atoms with Gasteiger partial charge in [0.2, 0.25) is 6.10 Å². The molecule has 0 spiro atoms. The topological polar surface area (TPSA) is 76.7 Å². The number of carboxylic acids is 1. The van der Waals surface area contributed by atoms with Crippen molar-refractivity contribution in [1.82, 2.24) is 0 Å². The maximum Gasteiger partial charge on any atom is 0.349 e. The maximum atomic E-state index is 11.8. The van der Waals surface area contributed by atoms with Crippen molar-refractivity contribution in [1.29, 1.82) is 0 Å². The Morgan fingerprint density at radius 2 is 1.79 bits per heavy atom. The largest absolute Gasteiger partial charge is 0.478 e. The quantitative estimate of drug-likeness (QED) is 0.742. The molecular weight excluding hydrogens is 308 g/mol. The molecule has 0 saturated carbocycles. The molecule has 0 bridgehead atoms. The van der Waals surface area contributed by atoms with Gasteiger partial charge in [0.25, 0.3) is 0 Å². The van der Waals surface area contributed by atoms with Gasteiger partial charge in [-0.2, -0.15) is 0 Å². The summed E-state index contributed by atoms with van der Waals surface area (Å²) < 4.78 is 10.9. The number of ether oxygens (including phenoxy) is 1. The predicted octanol–water partition coefficient (Wildman–Crippen LogP) is 3.61. The monoisotopic (exact) mass is 324 g/mol. The highest BCUT2D eigenvalue weighted by atomic mass is 16.5. The van der Waals surface area contributed by atoms with Crippen molar-refractivity contribution >= 4 is 16.9 Å². The summed E-state index contributed by atoms with van der Waals surface area (Å²) in [7, 11) is 0. The smallest absolute Gasteiger partial charge is 0.349 e. The molecule has 1 unspecified atom stereocenters. The normalized spacial score (nSPS) is 12.1. The highest BCUT2D eigenvalue weighted by Crippen LogP contribution is 2.27. The number of aliphatic carboxylic acids is 1.